The van der Waals surface area contributed by atoms with Crippen LogP contribution in [0.4, 0.5) is 0 Å². The van der Waals surface area contributed by atoms with Crippen molar-refractivity contribution in [2.75, 3.05) is 13.4 Å². The highest BCUT2D eigenvalue weighted by Crippen LogP contribution is 2.13. The molecule has 1 aliphatic rings. The molecular formula is C5H10O3. The number of rotatable bonds is 0. The molecular weight excluding hydrogens is 108 g/mol. The van der Waals surface area contributed by atoms with Gasteiger partial charge in [0.2, 0.25) is 0 Å². The van der Waals surface area contributed by atoms with Crippen LogP contribution in [0, 0.1) is 0 Å². The van der Waals surface area contributed by atoms with E-state index >= 15 is 0 Å². The molecule has 3 heteroatoms. The Kier molecular flexibility index (Phi) is 1.51. The average Bonchev–Trinajstić information content (AvgIpc) is 1.65. The first-order chi connectivity index (χ1) is 3.71. The Labute approximate surface area is 48.5 Å². The van der Waals surface area contributed by atoms with E-state index in [4.69, 9.17) is 9.62 Å². The SMILES string of the molecule is CC1(C)COCOO1. The van der Waals surface area contributed by atoms with E-state index in [-0.39, 0.29) is 12.4 Å². The van der Waals surface area contributed by atoms with Gasteiger partial charge in [-0.15, -0.1) is 0 Å². The lowest BCUT2D eigenvalue weighted by Gasteiger charge is -2.27. The fourth-order valence-electron chi connectivity index (χ4n) is 0.529. The molecule has 8 heavy (non-hydrogen) atoms. The van der Waals surface area contributed by atoms with Crippen LogP contribution in [0.25, 0.3) is 0 Å². The predicted octanol–water partition coefficient (Wildman–Crippen LogP) is 0.701. The highest BCUT2D eigenvalue weighted by molar-refractivity contribution is 4.65. The van der Waals surface area contributed by atoms with E-state index in [2.05, 4.69) is 4.89 Å². The first-order valence-corrected chi connectivity index (χ1v) is 2.59. The number of ether oxygens (including phenoxy) is 1. The monoisotopic (exact) mass is 118 g/mol. The summed E-state index contributed by atoms with van der Waals surface area (Å²) in [5.74, 6) is 0. The molecule has 0 bridgehead atoms. The normalized spacial score (nSPS) is 27.8. The Morgan fingerprint density at radius 2 is 2.12 bits per heavy atom. The minimum atomic E-state index is -0.266. The molecule has 0 aliphatic carbocycles. The first kappa shape index (κ1) is 6.01. The number of hydrogen-bond acceptors (Lipinski definition) is 3. The Balaban J connectivity index is 2.33. The van der Waals surface area contributed by atoms with Gasteiger partial charge in [-0.2, -0.15) is 0 Å². The fraction of sp³-hybridized carbons (Fsp3) is 1.00. The average molecular weight is 118 g/mol. The minimum Gasteiger partial charge on any atom is -0.349 e. The molecule has 0 spiro atoms. The molecule has 0 aromatic carbocycles. The Morgan fingerprint density at radius 3 is 2.38 bits per heavy atom. The summed E-state index contributed by atoms with van der Waals surface area (Å²) in [6.45, 7) is 4.68. The molecule has 1 heterocycles. The molecule has 0 N–H and O–H groups in total. The highest BCUT2D eigenvalue weighted by Gasteiger charge is 2.23. The van der Waals surface area contributed by atoms with E-state index in [0.717, 1.165) is 0 Å². The quantitative estimate of drug-likeness (QED) is 0.438. The van der Waals surface area contributed by atoms with Gasteiger partial charge in [0, 0.05) is 0 Å². The van der Waals surface area contributed by atoms with Crippen molar-refractivity contribution in [1.29, 1.82) is 0 Å². The van der Waals surface area contributed by atoms with E-state index in [1.807, 2.05) is 13.8 Å². The van der Waals surface area contributed by atoms with Crippen LogP contribution in [0.15, 0.2) is 0 Å². The molecule has 0 radical (unpaired) electrons. The molecule has 0 aromatic heterocycles. The molecule has 0 amide bonds. The van der Waals surface area contributed by atoms with Crippen LogP contribution in [-0.2, 0) is 14.5 Å². The standard InChI is InChI=1S/C5H10O3/c1-5(2)3-6-4-7-8-5/h3-4H2,1-2H3. The molecule has 1 saturated heterocycles. The molecule has 1 rings (SSSR count). The van der Waals surface area contributed by atoms with E-state index < -0.39 is 0 Å². The van der Waals surface area contributed by atoms with Crippen molar-refractivity contribution in [3.05, 3.63) is 0 Å². The number of hydrogen-bond donors (Lipinski definition) is 0. The van der Waals surface area contributed by atoms with Gasteiger partial charge in [0.1, 0.15) is 5.60 Å². The maximum absolute atomic E-state index is 4.94. The summed E-state index contributed by atoms with van der Waals surface area (Å²) in [4.78, 5) is 9.40. The second-order valence-corrected chi connectivity index (χ2v) is 2.43. The predicted molar refractivity (Wildman–Crippen MR) is 27.1 cm³/mol. The summed E-state index contributed by atoms with van der Waals surface area (Å²) >= 11 is 0. The lowest BCUT2D eigenvalue weighted by atomic mass is 10.2. The third kappa shape index (κ3) is 1.43. The van der Waals surface area contributed by atoms with Gasteiger partial charge in [0.25, 0.3) is 0 Å². The Bertz CT molecular complexity index is 71.7. The minimum absolute atomic E-state index is 0.253. The maximum atomic E-state index is 4.94. The van der Waals surface area contributed by atoms with Crippen molar-refractivity contribution in [3.63, 3.8) is 0 Å². The van der Waals surface area contributed by atoms with Crippen LogP contribution in [0.5, 0.6) is 0 Å². The van der Waals surface area contributed by atoms with Crippen molar-refractivity contribution in [3.8, 4) is 0 Å². The van der Waals surface area contributed by atoms with Gasteiger partial charge < -0.3 is 4.74 Å². The fourth-order valence-corrected chi connectivity index (χ4v) is 0.529. The van der Waals surface area contributed by atoms with E-state index in [0.29, 0.717) is 6.61 Å². The van der Waals surface area contributed by atoms with Crippen molar-refractivity contribution < 1.29 is 14.5 Å². The third-order valence-electron chi connectivity index (χ3n) is 0.866. The summed E-state index contributed by atoms with van der Waals surface area (Å²) in [7, 11) is 0. The summed E-state index contributed by atoms with van der Waals surface area (Å²) in [6, 6.07) is 0. The summed E-state index contributed by atoms with van der Waals surface area (Å²) in [5, 5.41) is 0. The molecule has 0 saturated carbocycles. The summed E-state index contributed by atoms with van der Waals surface area (Å²) in [6.07, 6.45) is 0. The molecule has 0 unspecified atom stereocenters. The first-order valence-electron chi connectivity index (χ1n) is 2.59. The summed E-state index contributed by atoms with van der Waals surface area (Å²) in [5.41, 5.74) is -0.266. The van der Waals surface area contributed by atoms with Crippen molar-refractivity contribution in [2.24, 2.45) is 0 Å². The summed E-state index contributed by atoms with van der Waals surface area (Å²) < 4.78 is 4.94. The van der Waals surface area contributed by atoms with Crippen molar-refractivity contribution in [2.45, 2.75) is 19.4 Å². The van der Waals surface area contributed by atoms with E-state index in [1.165, 1.54) is 0 Å². The van der Waals surface area contributed by atoms with Gasteiger partial charge >= 0.3 is 0 Å². The van der Waals surface area contributed by atoms with Gasteiger partial charge in [-0.25, -0.2) is 9.78 Å². The topological polar surface area (TPSA) is 27.7 Å². The zero-order chi connectivity index (χ0) is 6.04. The van der Waals surface area contributed by atoms with E-state index in [9.17, 15) is 0 Å². The van der Waals surface area contributed by atoms with Crippen LogP contribution in [0.3, 0.4) is 0 Å². The highest BCUT2D eigenvalue weighted by atomic mass is 17.2. The van der Waals surface area contributed by atoms with Crippen molar-refractivity contribution in [1.82, 2.24) is 0 Å². The van der Waals surface area contributed by atoms with Crippen molar-refractivity contribution >= 4 is 0 Å². The Hall–Kier alpha value is -0.120. The van der Waals surface area contributed by atoms with Crippen LogP contribution in [0.1, 0.15) is 13.8 Å². The van der Waals surface area contributed by atoms with Gasteiger partial charge in [-0.3, -0.25) is 0 Å². The zero-order valence-corrected chi connectivity index (χ0v) is 5.14. The lowest BCUT2D eigenvalue weighted by molar-refractivity contribution is -0.428. The van der Waals surface area contributed by atoms with Crippen LogP contribution in [0.2, 0.25) is 0 Å². The van der Waals surface area contributed by atoms with Crippen LogP contribution < -0.4 is 0 Å². The van der Waals surface area contributed by atoms with Gasteiger partial charge in [0.05, 0.1) is 6.61 Å². The second kappa shape index (κ2) is 2.01. The van der Waals surface area contributed by atoms with Gasteiger partial charge in [-0.1, -0.05) is 0 Å². The molecule has 0 atom stereocenters. The van der Waals surface area contributed by atoms with E-state index in [1.54, 1.807) is 0 Å². The molecule has 0 aromatic rings. The lowest BCUT2D eigenvalue weighted by Crippen LogP contribution is -2.35. The largest absolute Gasteiger partial charge is 0.349 e. The van der Waals surface area contributed by atoms with Crippen LogP contribution in [-0.4, -0.2) is 19.0 Å². The molecule has 1 fully saturated rings. The molecule has 1 aliphatic heterocycles. The maximum Gasteiger partial charge on any atom is 0.180 e. The third-order valence-corrected chi connectivity index (χ3v) is 0.866. The second-order valence-electron chi connectivity index (χ2n) is 2.43. The smallest absolute Gasteiger partial charge is 0.180 e. The van der Waals surface area contributed by atoms with Crippen LogP contribution >= 0.6 is 0 Å². The molecule has 48 valence electrons. The molecule has 3 nitrogen and oxygen atoms in total. The zero-order valence-electron chi connectivity index (χ0n) is 5.14. The van der Waals surface area contributed by atoms with Gasteiger partial charge in [0.15, 0.2) is 6.79 Å². The van der Waals surface area contributed by atoms with Gasteiger partial charge in [-0.05, 0) is 13.8 Å². The Morgan fingerprint density at radius 1 is 1.38 bits per heavy atom.